The highest BCUT2D eigenvalue weighted by molar-refractivity contribution is 7.18. The van der Waals surface area contributed by atoms with Gasteiger partial charge in [-0.25, -0.2) is 4.39 Å². The maximum Gasteiger partial charge on any atom is 0.433 e. The zero-order valence-electron chi connectivity index (χ0n) is 7.19. The van der Waals surface area contributed by atoms with Crippen molar-refractivity contribution >= 4 is 9.24 Å². The standard InChI is InChI=1S/C6H4F9P/c1-2(4(8,9)10)3(7,5(11,12)13)6(14,15)16/h1,16H2. The molecule has 0 fully saturated rings. The van der Waals surface area contributed by atoms with Crippen LogP contribution >= 0.6 is 9.24 Å². The van der Waals surface area contributed by atoms with E-state index in [-0.39, 0.29) is 9.24 Å². The zero-order valence-corrected chi connectivity index (χ0v) is 8.34. The van der Waals surface area contributed by atoms with E-state index in [1.54, 1.807) is 6.58 Å². The molecular weight excluding hydrogens is 274 g/mol. The van der Waals surface area contributed by atoms with Crippen molar-refractivity contribution in [3.8, 4) is 0 Å². The smallest absolute Gasteiger partial charge is 0.221 e. The van der Waals surface area contributed by atoms with Gasteiger partial charge in [-0.2, -0.15) is 35.1 Å². The largest absolute Gasteiger partial charge is 0.433 e. The van der Waals surface area contributed by atoms with Gasteiger partial charge in [0.25, 0.3) is 5.67 Å². The van der Waals surface area contributed by atoms with Gasteiger partial charge in [-0.3, -0.25) is 0 Å². The molecule has 0 aromatic carbocycles. The van der Waals surface area contributed by atoms with E-state index < -0.39 is 29.3 Å². The Morgan fingerprint density at radius 2 is 1.12 bits per heavy atom. The first-order valence-corrected chi connectivity index (χ1v) is 3.92. The first kappa shape index (κ1) is 15.5. The predicted octanol–water partition coefficient (Wildman–Crippen LogP) is 3.84. The molecule has 0 nitrogen and oxygen atoms in total. The van der Waals surface area contributed by atoms with Gasteiger partial charge in [0.05, 0.1) is 5.57 Å². The Hall–Kier alpha value is -0.460. The molecule has 0 aliphatic heterocycles. The Labute approximate surface area is 85.7 Å². The van der Waals surface area contributed by atoms with Crippen molar-refractivity contribution in [2.45, 2.75) is 23.7 Å². The van der Waals surface area contributed by atoms with E-state index in [9.17, 15) is 39.5 Å². The Balaban J connectivity index is 5.74. The summed E-state index contributed by atoms with van der Waals surface area (Å²) in [6, 6.07) is 0. The summed E-state index contributed by atoms with van der Waals surface area (Å²) in [4.78, 5) is 0. The first-order valence-electron chi connectivity index (χ1n) is 3.34. The Morgan fingerprint density at radius 3 is 1.19 bits per heavy atom. The number of rotatable bonds is 2. The van der Waals surface area contributed by atoms with Crippen LogP contribution in [0.1, 0.15) is 0 Å². The highest BCUT2D eigenvalue weighted by Crippen LogP contribution is 2.55. The molecular formula is C6H4F9P. The molecule has 0 aliphatic rings. The minimum absolute atomic E-state index is 0.0849. The van der Waals surface area contributed by atoms with Crippen LogP contribution in [0.5, 0.6) is 0 Å². The van der Waals surface area contributed by atoms with Crippen LogP contribution in [0.15, 0.2) is 12.2 Å². The highest BCUT2D eigenvalue weighted by atomic mass is 31.0. The van der Waals surface area contributed by atoms with Crippen LogP contribution in [-0.2, 0) is 0 Å². The maximum absolute atomic E-state index is 13.0. The van der Waals surface area contributed by atoms with Crippen LogP contribution in [0.2, 0.25) is 0 Å². The molecule has 0 heterocycles. The number of halogens is 9. The molecule has 10 heteroatoms. The van der Waals surface area contributed by atoms with E-state index in [1.165, 1.54) is 0 Å². The number of alkyl halides is 9. The Kier molecular flexibility index (Phi) is 3.68. The molecule has 96 valence electrons. The van der Waals surface area contributed by atoms with Gasteiger partial charge >= 0.3 is 18.0 Å². The molecule has 16 heavy (non-hydrogen) atoms. The fraction of sp³-hybridized carbons (Fsp3) is 0.667. The molecule has 2 unspecified atom stereocenters. The van der Waals surface area contributed by atoms with Gasteiger partial charge in [0.15, 0.2) is 0 Å². The first-order chi connectivity index (χ1) is 6.65. The van der Waals surface area contributed by atoms with Crippen molar-refractivity contribution < 1.29 is 39.5 Å². The lowest BCUT2D eigenvalue weighted by Gasteiger charge is -2.34. The number of hydrogen-bond donors (Lipinski definition) is 0. The molecule has 0 aromatic rings. The van der Waals surface area contributed by atoms with E-state index in [2.05, 4.69) is 0 Å². The SMILES string of the molecule is C=C(C(F)(F)F)C(F)(C(F)(F)F)C(F)(F)P. The molecule has 0 spiro atoms. The van der Waals surface area contributed by atoms with E-state index in [4.69, 9.17) is 0 Å². The maximum atomic E-state index is 13.0. The fourth-order valence-corrected chi connectivity index (χ4v) is 1.09. The van der Waals surface area contributed by atoms with Crippen molar-refractivity contribution in [1.29, 1.82) is 0 Å². The van der Waals surface area contributed by atoms with Crippen molar-refractivity contribution in [2.24, 2.45) is 0 Å². The van der Waals surface area contributed by atoms with Gasteiger partial charge in [-0.1, -0.05) is 15.8 Å². The lowest BCUT2D eigenvalue weighted by molar-refractivity contribution is -0.277. The summed E-state index contributed by atoms with van der Waals surface area (Å²) in [6.07, 6.45) is -12.4. The summed E-state index contributed by atoms with van der Waals surface area (Å²) in [6.45, 7) is 1.72. The van der Waals surface area contributed by atoms with E-state index in [0.717, 1.165) is 0 Å². The fourth-order valence-electron chi connectivity index (χ4n) is 0.757. The van der Waals surface area contributed by atoms with Gasteiger partial charge in [0, 0.05) is 0 Å². The average molecular weight is 278 g/mol. The molecule has 0 bridgehead atoms. The van der Waals surface area contributed by atoms with E-state index in [0.29, 0.717) is 0 Å². The second-order valence-electron chi connectivity index (χ2n) is 2.76. The molecule has 2 atom stereocenters. The molecule has 0 saturated carbocycles. The Bertz CT molecular complexity index is 266. The summed E-state index contributed by atoms with van der Waals surface area (Å²) in [5, 5.41) is 0. The highest BCUT2D eigenvalue weighted by Gasteiger charge is 2.74. The average Bonchev–Trinajstić information content (AvgIpc) is 1.95. The predicted molar refractivity (Wildman–Crippen MR) is 39.7 cm³/mol. The van der Waals surface area contributed by atoms with Crippen LogP contribution in [0.3, 0.4) is 0 Å². The lowest BCUT2D eigenvalue weighted by atomic mass is 9.95. The van der Waals surface area contributed by atoms with Gasteiger partial charge in [-0.05, 0) is 0 Å². The molecule has 0 rings (SSSR count). The minimum Gasteiger partial charge on any atom is -0.221 e. The summed E-state index contributed by atoms with van der Waals surface area (Å²) >= 11 is 0. The minimum atomic E-state index is -6.44. The molecule has 0 aromatic heterocycles. The molecule has 0 radical (unpaired) electrons. The van der Waals surface area contributed by atoms with Gasteiger partial charge in [0.2, 0.25) is 0 Å². The molecule has 0 N–H and O–H groups in total. The van der Waals surface area contributed by atoms with Crippen LogP contribution in [-0.4, -0.2) is 23.7 Å². The topological polar surface area (TPSA) is 0 Å². The van der Waals surface area contributed by atoms with Crippen molar-refractivity contribution in [3.63, 3.8) is 0 Å². The summed E-state index contributed by atoms with van der Waals surface area (Å²) < 4.78 is 109. The quantitative estimate of drug-likeness (QED) is 0.409. The normalized spacial score (nSPS) is 18.1. The number of hydrogen-bond acceptors (Lipinski definition) is 0. The van der Waals surface area contributed by atoms with Crippen molar-refractivity contribution in [1.82, 2.24) is 0 Å². The van der Waals surface area contributed by atoms with Crippen LogP contribution in [0.4, 0.5) is 39.5 Å². The summed E-state index contributed by atoms with van der Waals surface area (Å²) in [5.74, 6) is 0. The lowest BCUT2D eigenvalue weighted by Crippen LogP contribution is -2.56. The molecule has 0 saturated heterocycles. The van der Waals surface area contributed by atoms with Gasteiger partial charge < -0.3 is 0 Å². The third-order valence-electron chi connectivity index (χ3n) is 1.61. The Morgan fingerprint density at radius 1 is 0.812 bits per heavy atom. The number of allylic oxidation sites excluding steroid dienone is 1. The summed E-state index contributed by atoms with van der Waals surface area (Å²) in [7, 11) is 0.0849. The van der Waals surface area contributed by atoms with E-state index >= 15 is 0 Å². The third-order valence-corrected chi connectivity index (χ3v) is 2.01. The second kappa shape index (κ2) is 3.78. The van der Waals surface area contributed by atoms with Crippen molar-refractivity contribution in [2.75, 3.05) is 0 Å². The van der Waals surface area contributed by atoms with Crippen LogP contribution in [0, 0.1) is 0 Å². The van der Waals surface area contributed by atoms with Gasteiger partial charge in [-0.15, -0.1) is 0 Å². The van der Waals surface area contributed by atoms with Crippen LogP contribution in [0.25, 0.3) is 0 Å². The molecule has 0 aliphatic carbocycles. The van der Waals surface area contributed by atoms with Crippen LogP contribution < -0.4 is 0 Å². The van der Waals surface area contributed by atoms with Gasteiger partial charge in [0.1, 0.15) is 0 Å². The second-order valence-corrected chi connectivity index (χ2v) is 3.48. The molecule has 0 amide bonds. The van der Waals surface area contributed by atoms with Crippen molar-refractivity contribution in [3.05, 3.63) is 12.2 Å². The zero-order chi connectivity index (χ0) is 13.6. The summed E-state index contributed by atoms with van der Waals surface area (Å²) in [5.41, 5.74) is -14.5. The monoisotopic (exact) mass is 278 g/mol. The van der Waals surface area contributed by atoms with E-state index in [1.807, 2.05) is 0 Å². The third kappa shape index (κ3) is 2.44.